The van der Waals surface area contributed by atoms with Gasteiger partial charge < -0.3 is 18.9 Å². The van der Waals surface area contributed by atoms with E-state index in [0.29, 0.717) is 5.39 Å². The van der Waals surface area contributed by atoms with Crippen LogP contribution in [0.5, 0.6) is 11.5 Å². The second-order valence-corrected chi connectivity index (χ2v) is 7.53. The molecule has 36 heavy (non-hydrogen) atoms. The van der Waals surface area contributed by atoms with E-state index in [1.165, 1.54) is 38.5 Å². The molecule has 0 amide bonds. The first-order chi connectivity index (χ1) is 17.4. The second-order valence-electron chi connectivity index (χ2n) is 7.53. The van der Waals surface area contributed by atoms with Crippen LogP contribution in [0.15, 0.2) is 84.9 Å². The van der Waals surface area contributed by atoms with Gasteiger partial charge in [0.25, 0.3) is 0 Å². The van der Waals surface area contributed by atoms with Crippen molar-refractivity contribution in [3.05, 3.63) is 107 Å². The Bertz CT molecular complexity index is 1380. The Morgan fingerprint density at radius 2 is 0.917 bits per heavy atom. The third-order valence-electron chi connectivity index (χ3n) is 5.30. The van der Waals surface area contributed by atoms with E-state index in [2.05, 4.69) is 0 Å². The quantitative estimate of drug-likeness (QED) is 0.283. The molecule has 8 heteroatoms. The van der Waals surface area contributed by atoms with E-state index in [-0.39, 0.29) is 33.8 Å². The van der Waals surface area contributed by atoms with Crippen molar-refractivity contribution >= 4 is 34.6 Å². The van der Waals surface area contributed by atoms with E-state index in [0.717, 1.165) is 5.39 Å². The fourth-order valence-electron chi connectivity index (χ4n) is 3.49. The molecule has 0 aliphatic carbocycles. The molecule has 4 aromatic rings. The van der Waals surface area contributed by atoms with Crippen molar-refractivity contribution in [3.63, 3.8) is 0 Å². The highest BCUT2D eigenvalue weighted by molar-refractivity contribution is 6.01. The summed E-state index contributed by atoms with van der Waals surface area (Å²) in [4.78, 5) is 49.5. The number of methoxy groups -OCH3 is 2. The Morgan fingerprint density at radius 3 is 1.33 bits per heavy atom. The van der Waals surface area contributed by atoms with E-state index in [9.17, 15) is 19.2 Å². The molecule has 0 aliphatic rings. The van der Waals surface area contributed by atoms with Gasteiger partial charge in [-0.2, -0.15) is 0 Å². The summed E-state index contributed by atoms with van der Waals surface area (Å²) in [5, 5.41) is 1.36. The van der Waals surface area contributed by atoms with Crippen LogP contribution >= 0.6 is 0 Å². The van der Waals surface area contributed by atoms with Gasteiger partial charge in [0.2, 0.25) is 0 Å². The molecule has 0 fully saturated rings. The van der Waals surface area contributed by atoms with Gasteiger partial charge in [-0.3, -0.25) is 0 Å². The van der Waals surface area contributed by atoms with E-state index < -0.39 is 23.9 Å². The number of esters is 4. The number of carbonyl (C=O) groups excluding carboxylic acids is 4. The molecule has 0 aliphatic heterocycles. The predicted octanol–water partition coefficient (Wildman–Crippen LogP) is 4.85. The van der Waals surface area contributed by atoms with Gasteiger partial charge in [-0.25, -0.2) is 19.2 Å². The summed E-state index contributed by atoms with van der Waals surface area (Å²) in [7, 11) is 2.47. The average molecular weight is 484 g/mol. The number of hydrogen-bond acceptors (Lipinski definition) is 8. The van der Waals surface area contributed by atoms with Crippen LogP contribution in [0.4, 0.5) is 0 Å². The third-order valence-corrected chi connectivity index (χ3v) is 5.30. The van der Waals surface area contributed by atoms with Gasteiger partial charge in [0.15, 0.2) is 0 Å². The fourth-order valence-corrected chi connectivity index (χ4v) is 3.49. The summed E-state index contributed by atoms with van der Waals surface area (Å²) in [6.07, 6.45) is 0. The highest BCUT2D eigenvalue weighted by Crippen LogP contribution is 2.24. The molecule has 4 rings (SSSR count). The van der Waals surface area contributed by atoms with Gasteiger partial charge in [-0.05, 0) is 59.3 Å². The van der Waals surface area contributed by atoms with Gasteiger partial charge in [0, 0.05) is 0 Å². The lowest BCUT2D eigenvalue weighted by molar-refractivity contribution is 0.0580. The maximum atomic E-state index is 12.8. The van der Waals surface area contributed by atoms with Crippen LogP contribution in [0.3, 0.4) is 0 Å². The summed E-state index contributed by atoms with van der Waals surface area (Å²) in [5.74, 6) is -2.50. The summed E-state index contributed by atoms with van der Waals surface area (Å²) in [6, 6.07) is 22.2. The molecule has 0 saturated heterocycles. The minimum atomic E-state index is -0.687. The van der Waals surface area contributed by atoms with Gasteiger partial charge in [-0.1, -0.05) is 36.4 Å². The van der Waals surface area contributed by atoms with Crippen LogP contribution in [0.1, 0.15) is 41.4 Å². The third kappa shape index (κ3) is 5.07. The molecule has 0 N–H and O–H groups in total. The minimum absolute atomic E-state index is 0.0658. The van der Waals surface area contributed by atoms with Crippen molar-refractivity contribution in [2.45, 2.75) is 0 Å². The van der Waals surface area contributed by atoms with Gasteiger partial charge in [0.1, 0.15) is 22.6 Å². The lowest BCUT2D eigenvalue weighted by Gasteiger charge is -2.10. The maximum absolute atomic E-state index is 12.8. The molecule has 0 aromatic heterocycles. The SMILES string of the molecule is COC(=O)c1ccccc1OC(=O)c1ccc2ccc(C(=O)Oc3ccccc3C(=O)OC)cc2c1. The van der Waals surface area contributed by atoms with Crippen molar-refractivity contribution in [2.24, 2.45) is 0 Å². The lowest BCUT2D eigenvalue weighted by atomic mass is 10.0. The van der Waals surface area contributed by atoms with Crippen LogP contribution in [0.25, 0.3) is 10.8 Å². The van der Waals surface area contributed by atoms with Crippen LogP contribution < -0.4 is 9.47 Å². The monoisotopic (exact) mass is 484 g/mol. The van der Waals surface area contributed by atoms with Crippen LogP contribution in [-0.2, 0) is 9.47 Å². The fraction of sp³-hybridized carbons (Fsp3) is 0.0714. The first kappa shape index (κ1) is 24.2. The number of ether oxygens (including phenoxy) is 4. The zero-order valence-corrected chi connectivity index (χ0v) is 19.3. The van der Waals surface area contributed by atoms with E-state index in [4.69, 9.17) is 18.9 Å². The molecule has 8 nitrogen and oxygen atoms in total. The van der Waals surface area contributed by atoms with Crippen molar-refractivity contribution in [1.29, 1.82) is 0 Å². The summed E-state index contributed by atoms with van der Waals surface area (Å²) in [6.45, 7) is 0. The Balaban J connectivity index is 1.59. The molecule has 0 bridgehead atoms. The van der Waals surface area contributed by atoms with Crippen LogP contribution in [0.2, 0.25) is 0 Å². The average Bonchev–Trinajstić information content (AvgIpc) is 2.92. The number of hydrogen-bond donors (Lipinski definition) is 0. The van der Waals surface area contributed by atoms with Crippen molar-refractivity contribution in [3.8, 4) is 11.5 Å². The second kappa shape index (κ2) is 10.5. The molecule has 4 aromatic carbocycles. The first-order valence-electron chi connectivity index (χ1n) is 10.7. The predicted molar refractivity (Wildman–Crippen MR) is 129 cm³/mol. The number of fused-ring (bicyclic) bond motifs is 1. The molecule has 0 saturated carbocycles. The molecule has 0 radical (unpaired) electrons. The van der Waals surface area contributed by atoms with Crippen LogP contribution in [0, 0.1) is 0 Å². The van der Waals surface area contributed by atoms with Crippen molar-refractivity contribution in [1.82, 2.24) is 0 Å². The first-order valence-corrected chi connectivity index (χ1v) is 10.7. The zero-order valence-electron chi connectivity index (χ0n) is 19.3. The van der Waals surface area contributed by atoms with E-state index in [1.54, 1.807) is 60.7 Å². The molecule has 0 spiro atoms. The molecule has 180 valence electrons. The lowest BCUT2D eigenvalue weighted by Crippen LogP contribution is -2.13. The highest BCUT2D eigenvalue weighted by atomic mass is 16.6. The van der Waals surface area contributed by atoms with Crippen LogP contribution in [-0.4, -0.2) is 38.1 Å². The minimum Gasteiger partial charge on any atom is -0.465 e. The van der Waals surface area contributed by atoms with Crippen molar-refractivity contribution in [2.75, 3.05) is 14.2 Å². The number of rotatable bonds is 6. The highest BCUT2D eigenvalue weighted by Gasteiger charge is 2.19. The summed E-state index contributed by atoms with van der Waals surface area (Å²) in [5.41, 5.74) is 0.658. The Labute approximate surface area is 206 Å². The Morgan fingerprint density at radius 1 is 0.500 bits per heavy atom. The number of carbonyl (C=O) groups is 4. The van der Waals surface area contributed by atoms with Gasteiger partial charge >= 0.3 is 23.9 Å². The van der Waals surface area contributed by atoms with E-state index in [1.807, 2.05) is 0 Å². The summed E-state index contributed by atoms with van der Waals surface area (Å²) < 4.78 is 20.3. The Hall–Kier alpha value is -4.98. The summed E-state index contributed by atoms with van der Waals surface area (Å²) >= 11 is 0. The molecule has 0 unspecified atom stereocenters. The molecular weight excluding hydrogens is 464 g/mol. The van der Waals surface area contributed by atoms with E-state index >= 15 is 0 Å². The molecular formula is C28H20O8. The smallest absolute Gasteiger partial charge is 0.343 e. The molecule has 0 heterocycles. The Kier molecular flexibility index (Phi) is 7.06. The van der Waals surface area contributed by atoms with Gasteiger partial charge in [-0.15, -0.1) is 0 Å². The normalized spacial score (nSPS) is 10.4. The standard InChI is InChI=1S/C28H20O8/c1-33-27(31)21-7-3-5-9-23(21)35-25(29)18-13-11-17-12-14-19(16-20(17)15-18)26(30)36-24-10-6-4-8-22(24)28(32)34-2/h3-16H,1-2H3. The van der Waals surface area contributed by atoms with Crippen molar-refractivity contribution < 1.29 is 38.1 Å². The number of benzene rings is 4. The zero-order chi connectivity index (χ0) is 25.7. The molecule has 0 atom stereocenters. The largest absolute Gasteiger partial charge is 0.465 e. The van der Waals surface area contributed by atoms with Gasteiger partial charge in [0.05, 0.1) is 25.3 Å². The maximum Gasteiger partial charge on any atom is 0.343 e. The topological polar surface area (TPSA) is 105 Å². The number of para-hydroxylation sites is 2.